The highest BCUT2D eigenvalue weighted by Gasteiger charge is 2.29. The summed E-state index contributed by atoms with van der Waals surface area (Å²) in [6.45, 7) is 14.8. The second kappa shape index (κ2) is 5.84. The number of hydrogen-bond donors (Lipinski definition) is 1. The normalized spacial score (nSPS) is 12.3. The topological polar surface area (TPSA) is 55.0 Å². The van der Waals surface area contributed by atoms with Crippen LogP contribution in [0.3, 0.4) is 0 Å². The predicted molar refractivity (Wildman–Crippen MR) is 92.1 cm³/mol. The first kappa shape index (κ1) is 17.3. The first-order valence-corrected chi connectivity index (χ1v) is 7.87. The lowest BCUT2D eigenvalue weighted by Gasteiger charge is -2.29. The van der Waals surface area contributed by atoms with Crippen LogP contribution in [0.1, 0.15) is 68.7 Å². The van der Waals surface area contributed by atoms with E-state index in [1.165, 1.54) is 5.56 Å². The highest BCUT2D eigenvalue weighted by atomic mass is 16.5. The third-order valence-corrected chi connectivity index (χ3v) is 3.76. The lowest BCUT2D eigenvalue weighted by molar-refractivity contribution is 0.0722. The van der Waals surface area contributed by atoms with Crippen LogP contribution in [0.2, 0.25) is 0 Å². The van der Waals surface area contributed by atoms with Gasteiger partial charge >= 0.3 is 5.97 Å². The standard InChI is InChI=1S/C19H26N2O2/c1-12-10-13(18(2,3)4)16(14(11-12)19(5,6)7)23-17(22)15-8-9-20-21-15/h8-11H,1-7H3,(H,20,21). The van der Waals surface area contributed by atoms with E-state index in [1.807, 2.05) is 0 Å². The minimum atomic E-state index is -0.414. The fourth-order valence-corrected chi connectivity index (χ4v) is 2.51. The molecule has 0 spiro atoms. The van der Waals surface area contributed by atoms with Crippen LogP contribution in [0, 0.1) is 6.92 Å². The molecule has 0 aliphatic carbocycles. The molecular weight excluding hydrogens is 288 g/mol. The van der Waals surface area contributed by atoms with Crippen LogP contribution in [-0.2, 0) is 10.8 Å². The Labute approximate surface area is 138 Å². The molecule has 0 radical (unpaired) electrons. The summed E-state index contributed by atoms with van der Waals surface area (Å²) >= 11 is 0. The molecule has 23 heavy (non-hydrogen) atoms. The van der Waals surface area contributed by atoms with Crippen molar-refractivity contribution in [2.75, 3.05) is 0 Å². The minimum Gasteiger partial charge on any atom is -0.421 e. The maximum atomic E-state index is 12.4. The number of H-pyrrole nitrogens is 1. The highest BCUT2D eigenvalue weighted by molar-refractivity contribution is 5.89. The Morgan fingerprint density at radius 1 is 1.04 bits per heavy atom. The van der Waals surface area contributed by atoms with Gasteiger partial charge in [-0.1, -0.05) is 59.2 Å². The largest absolute Gasteiger partial charge is 0.421 e. The Hall–Kier alpha value is -2.10. The van der Waals surface area contributed by atoms with Gasteiger partial charge in [-0.05, 0) is 23.8 Å². The number of carbonyl (C=O) groups excluding carboxylic acids is 1. The number of benzene rings is 1. The minimum absolute atomic E-state index is 0.129. The average Bonchev–Trinajstić information content (AvgIpc) is 2.91. The number of aromatic nitrogens is 2. The molecule has 124 valence electrons. The number of nitrogens with zero attached hydrogens (tertiary/aromatic N) is 1. The van der Waals surface area contributed by atoms with Crippen LogP contribution in [0.5, 0.6) is 5.75 Å². The monoisotopic (exact) mass is 314 g/mol. The van der Waals surface area contributed by atoms with Gasteiger partial charge in [-0.25, -0.2) is 4.79 Å². The average molecular weight is 314 g/mol. The lowest BCUT2D eigenvalue weighted by Crippen LogP contribution is -2.22. The van der Waals surface area contributed by atoms with Crippen LogP contribution in [-0.4, -0.2) is 16.2 Å². The molecular formula is C19H26N2O2. The molecule has 1 aromatic carbocycles. The van der Waals surface area contributed by atoms with E-state index in [-0.39, 0.29) is 10.8 Å². The molecule has 1 N–H and O–H groups in total. The Bertz CT molecular complexity index is 667. The van der Waals surface area contributed by atoms with Crippen LogP contribution in [0.25, 0.3) is 0 Å². The van der Waals surface area contributed by atoms with Gasteiger partial charge in [-0.15, -0.1) is 0 Å². The first-order chi connectivity index (χ1) is 10.5. The van der Waals surface area contributed by atoms with Gasteiger partial charge in [0.2, 0.25) is 0 Å². The smallest absolute Gasteiger partial charge is 0.361 e. The molecule has 0 aliphatic rings. The zero-order valence-corrected chi connectivity index (χ0v) is 15.1. The maximum Gasteiger partial charge on any atom is 0.361 e. The van der Waals surface area contributed by atoms with Crippen molar-refractivity contribution in [2.45, 2.75) is 59.3 Å². The second-order valence-corrected chi connectivity index (χ2v) is 8.05. The van der Waals surface area contributed by atoms with Gasteiger partial charge in [0.15, 0.2) is 0 Å². The number of aromatic amines is 1. The van der Waals surface area contributed by atoms with Crippen molar-refractivity contribution in [1.82, 2.24) is 10.2 Å². The number of hydrogen-bond acceptors (Lipinski definition) is 3. The summed E-state index contributed by atoms with van der Waals surface area (Å²) in [5, 5.41) is 6.48. The Morgan fingerprint density at radius 2 is 1.57 bits per heavy atom. The van der Waals surface area contributed by atoms with Crippen LogP contribution < -0.4 is 4.74 Å². The fraction of sp³-hybridized carbons (Fsp3) is 0.474. The van der Waals surface area contributed by atoms with Crippen LogP contribution in [0.15, 0.2) is 24.4 Å². The molecule has 0 bridgehead atoms. The van der Waals surface area contributed by atoms with Crippen molar-refractivity contribution in [3.63, 3.8) is 0 Å². The van der Waals surface area contributed by atoms with E-state index in [2.05, 4.69) is 70.8 Å². The van der Waals surface area contributed by atoms with Gasteiger partial charge in [0, 0.05) is 17.3 Å². The predicted octanol–water partition coefficient (Wildman–Crippen LogP) is 4.53. The SMILES string of the molecule is Cc1cc(C(C)(C)C)c(OC(=O)c2ccn[nH]2)c(C(C)(C)C)c1. The summed E-state index contributed by atoms with van der Waals surface area (Å²) in [6.07, 6.45) is 1.54. The number of rotatable bonds is 2. The summed E-state index contributed by atoms with van der Waals surface area (Å²) in [4.78, 5) is 12.4. The van der Waals surface area contributed by atoms with E-state index in [1.54, 1.807) is 12.3 Å². The third kappa shape index (κ3) is 3.81. The van der Waals surface area contributed by atoms with Crippen molar-refractivity contribution in [1.29, 1.82) is 0 Å². The molecule has 4 heteroatoms. The third-order valence-electron chi connectivity index (χ3n) is 3.76. The molecule has 0 unspecified atom stereocenters. The molecule has 0 atom stereocenters. The molecule has 1 heterocycles. The zero-order valence-electron chi connectivity index (χ0n) is 15.1. The second-order valence-electron chi connectivity index (χ2n) is 8.05. The number of carbonyl (C=O) groups is 1. The zero-order chi connectivity index (χ0) is 17.4. The van der Waals surface area contributed by atoms with Crippen molar-refractivity contribution in [3.8, 4) is 5.75 Å². The van der Waals surface area contributed by atoms with Gasteiger partial charge in [-0.3, -0.25) is 5.10 Å². The molecule has 4 nitrogen and oxygen atoms in total. The number of nitrogens with one attached hydrogen (secondary N) is 1. The van der Waals surface area contributed by atoms with Gasteiger partial charge in [0.05, 0.1) is 0 Å². The highest BCUT2D eigenvalue weighted by Crippen LogP contribution is 2.40. The van der Waals surface area contributed by atoms with Crippen molar-refractivity contribution < 1.29 is 9.53 Å². The van der Waals surface area contributed by atoms with E-state index in [0.717, 1.165) is 11.1 Å². The van der Waals surface area contributed by atoms with Crippen molar-refractivity contribution >= 4 is 5.97 Å². The number of esters is 1. The van der Waals surface area contributed by atoms with E-state index in [0.29, 0.717) is 11.4 Å². The molecule has 0 aliphatic heterocycles. The summed E-state index contributed by atoms with van der Waals surface area (Å²) in [5.41, 5.74) is 3.34. The van der Waals surface area contributed by atoms with Gasteiger partial charge in [0.1, 0.15) is 11.4 Å². The van der Waals surface area contributed by atoms with Crippen molar-refractivity contribution in [2.24, 2.45) is 0 Å². The summed E-state index contributed by atoms with van der Waals surface area (Å²) < 4.78 is 5.82. The Morgan fingerprint density at radius 3 is 1.96 bits per heavy atom. The van der Waals surface area contributed by atoms with Crippen LogP contribution >= 0.6 is 0 Å². The van der Waals surface area contributed by atoms with Crippen LogP contribution in [0.4, 0.5) is 0 Å². The fourth-order valence-electron chi connectivity index (χ4n) is 2.51. The summed E-state index contributed by atoms with van der Waals surface area (Å²) in [7, 11) is 0. The van der Waals surface area contributed by atoms with Crippen molar-refractivity contribution in [3.05, 3.63) is 46.8 Å². The molecule has 0 fully saturated rings. The molecule has 2 rings (SSSR count). The van der Waals surface area contributed by atoms with Gasteiger partial charge < -0.3 is 4.74 Å². The molecule has 2 aromatic rings. The number of ether oxygens (including phenoxy) is 1. The van der Waals surface area contributed by atoms with E-state index in [4.69, 9.17) is 4.74 Å². The lowest BCUT2D eigenvalue weighted by atomic mass is 9.78. The Balaban J connectivity index is 2.61. The van der Waals surface area contributed by atoms with E-state index < -0.39 is 5.97 Å². The number of aryl methyl sites for hydroxylation is 1. The summed E-state index contributed by atoms with van der Waals surface area (Å²) in [6, 6.07) is 5.82. The summed E-state index contributed by atoms with van der Waals surface area (Å²) in [5.74, 6) is 0.248. The van der Waals surface area contributed by atoms with Gasteiger partial charge in [0.25, 0.3) is 0 Å². The molecule has 0 saturated heterocycles. The quantitative estimate of drug-likeness (QED) is 0.654. The van der Waals surface area contributed by atoms with E-state index >= 15 is 0 Å². The van der Waals surface area contributed by atoms with Gasteiger partial charge in [-0.2, -0.15) is 5.10 Å². The molecule has 0 saturated carbocycles. The first-order valence-electron chi connectivity index (χ1n) is 7.87. The maximum absolute atomic E-state index is 12.4. The Kier molecular flexibility index (Phi) is 4.38. The molecule has 1 aromatic heterocycles. The molecule has 0 amide bonds. The van der Waals surface area contributed by atoms with E-state index in [9.17, 15) is 4.79 Å².